The van der Waals surface area contributed by atoms with Crippen molar-refractivity contribution in [3.63, 3.8) is 0 Å². The molecular formula is C9H13NO. The minimum atomic E-state index is -0.777. The van der Waals surface area contributed by atoms with Crippen molar-refractivity contribution >= 4 is 0 Å². The Labute approximate surface area is 66.9 Å². The Balaban J connectivity index is 2.99. The second-order valence-electron chi connectivity index (χ2n) is 3.25. The summed E-state index contributed by atoms with van der Waals surface area (Å²) in [6, 6.07) is 3.79. The molecule has 0 saturated carbocycles. The van der Waals surface area contributed by atoms with Crippen LogP contribution in [0.2, 0.25) is 0 Å². The van der Waals surface area contributed by atoms with Gasteiger partial charge in [-0.15, -0.1) is 0 Å². The minimum Gasteiger partial charge on any atom is -0.386 e. The molecule has 0 aromatic carbocycles. The molecule has 1 N–H and O–H groups in total. The quantitative estimate of drug-likeness (QED) is 0.661. The van der Waals surface area contributed by atoms with Gasteiger partial charge >= 0.3 is 0 Å². The van der Waals surface area contributed by atoms with Gasteiger partial charge in [-0.05, 0) is 26.8 Å². The molecule has 0 radical (unpaired) electrons. The van der Waals surface area contributed by atoms with Crippen LogP contribution in [0.3, 0.4) is 0 Å². The lowest BCUT2D eigenvalue weighted by molar-refractivity contribution is 0.0782. The van der Waals surface area contributed by atoms with Crippen LogP contribution in [0, 0.1) is 6.92 Å². The average Bonchev–Trinajstić information content (AvgIpc) is 1.86. The molecule has 0 spiro atoms. The van der Waals surface area contributed by atoms with Crippen LogP contribution in [0.4, 0.5) is 0 Å². The normalized spacial score (nSPS) is 11.6. The number of hydrogen-bond acceptors (Lipinski definition) is 2. The Kier molecular flexibility index (Phi) is 1.96. The third kappa shape index (κ3) is 2.02. The zero-order chi connectivity index (χ0) is 8.48. The van der Waals surface area contributed by atoms with Crippen LogP contribution in [-0.2, 0) is 5.60 Å². The first-order valence-electron chi connectivity index (χ1n) is 3.65. The van der Waals surface area contributed by atoms with Gasteiger partial charge in [-0.2, -0.15) is 0 Å². The standard InChI is InChI=1S/C9H13NO/c1-7-4-5-8(6-10-7)9(2,3)11/h4-6,11H,1-3H3. The van der Waals surface area contributed by atoms with Gasteiger partial charge < -0.3 is 5.11 Å². The van der Waals surface area contributed by atoms with Gasteiger partial charge in [0.15, 0.2) is 0 Å². The molecule has 0 aliphatic rings. The first-order chi connectivity index (χ1) is 5.00. The summed E-state index contributed by atoms with van der Waals surface area (Å²) in [6.07, 6.45) is 1.70. The maximum absolute atomic E-state index is 9.54. The Morgan fingerprint density at radius 3 is 2.36 bits per heavy atom. The van der Waals surface area contributed by atoms with Crippen molar-refractivity contribution in [2.45, 2.75) is 26.4 Å². The van der Waals surface area contributed by atoms with E-state index in [9.17, 15) is 5.11 Å². The number of aromatic nitrogens is 1. The van der Waals surface area contributed by atoms with Gasteiger partial charge in [0, 0.05) is 17.5 Å². The average molecular weight is 151 g/mol. The fourth-order valence-corrected chi connectivity index (χ4v) is 0.830. The third-order valence-electron chi connectivity index (χ3n) is 1.62. The summed E-state index contributed by atoms with van der Waals surface area (Å²) < 4.78 is 0. The molecule has 60 valence electrons. The molecule has 1 rings (SSSR count). The second kappa shape index (κ2) is 2.62. The summed E-state index contributed by atoms with van der Waals surface area (Å²) in [5.74, 6) is 0. The van der Waals surface area contributed by atoms with Crippen LogP contribution in [0.25, 0.3) is 0 Å². The molecule has 1 aromatic rings. The van der Waals surface area contributed by atoms with Gasteiger partial charge in [-0.25, -0.2) is 0 Å². The monoisotopic (exact) mass is 151 g/mol. The molecule has 2 heteroatoms. The third-order valence-corrected chi connectivity index (χ3v) is 1.62. The van der Waals surface area contributed by atoms with Crippen molar-refractivity contribution in [2.24, 2.45) is 0 Å². The van der Waals surface area contributed by atoms with Gasteiger partial charge in [0.05, 0.1) is 5.60 Å². The van der Waals surface area contributed by atoms with E-state index in [1.807, 2.05) is 19.1 Å². The second-order valence-corrected chi connectivity index (χ2v) is 3.25. The topological polar surface area (TPSA) is 33.1 Å². The molecule has 0 fully saturated rings. The molecule has 2 nitrogen and oxygen atoms in total. The Hall–Kier alpha value is -0.890. The van der Waals surface area contributed by atoms with Crippen molar-refractivity contribution in [2.75, 3.05) is 0 Å². The van der Waals surface area contributed by atoms with E-state index in [0.29, 0.717) is 0 Å². The molecule has 0 saturated heterocycles. The SMILES string of the molecule is Cc1ccc(C(C)(C)O)cn1. The summed E-state index contributed by atoms with van der Waals surface area (Å²) in [5.41, 5.74) is 1.04. The smallest absolute Gasteiger partial charge is 0.0855 e. The number of hydrogen-bond donors (Lipinski definition) is 1. The van der Waals surface area contributed by atoms with Crippen LogP contribution in [0.5, 0.6) is 0 Å². The Bertz CT molecular complexity index is 233. The first kappa shape index (κ1) is 8.21. The van der Waals surface area contributed by atoms with Crippen molar-refractivity contribution in [3.05, 3.63) is 29.6 Å². The summed E-state index contributed by atoms with van der Waals surface area (Å²) in [7, 11) is 0. The molecule has 11 heavy (non-hydrogen) atoms. The number of aryl methyl sites for hydroxylation is 1. The van der Waals surface area contributed by atoms with Gasteiger partial charge in [-0.3, -0.25) is 4.98 Å². The summed E-state index contributed by atoms with van der Waals surface area (Å²) in [5, 5.41) is 9.54. The van der Waals surface area contributed by atoms with Gasteiger partial charge in [0.2, 0.25) is 0 Å². The van der Waals surface area contributed by atoms with E-state index in [-0.39, 0.29) is 0 Å². The number of nitrogens with zero attached hydrogens (tertiary/aromatic N) is 1. The number of pyridine rings is 1. The molecule has 0 aliphatic carbocycles. The molecular weight excluding hydrogens is 138 g/mol. The summed E-state index contributed by atoms with van der Waals surface area (Å²) in [6.45, 7) is 5.42. The molecule has 0 bridgehead atoms. The largest absolute Gasteiger partial charge is 0.386 e. The molecule has 0 aliphatic heterocycles. The van der Waals surface area contributed by atoms with Crippen molar-refractivity contribution in [1.82, 2.24) is 4.98 Å². The molecule has 1 heterocycles. The van der Waals surface area contributed by atoms with E-state index in [1.165, 1.54) is 0 Å². The lowest BCUT2D eigenvalue weighted by Gasteiger charge is -2.16. The van der Waals surface area contributed by atoms with Gasteiger partial charge in [-0.1, -0.05) is 6.07 Å². The van der Waals surface area contributed by atoms with E-state index >= 15 is 0 Å². The highest BCUT2D eigenvalue weighted by atomic mass is 16.3. The fraction of sp³-hybridized carbons (Fsp3) is 0.444. The Morgan fingerprint density at radius 2 is 2.00 bits per heavy atom. The zero-order valence-electron chi connectivity index (χ0n) is 7.13. The highest BCUT2D eigenvalue weighted by Crippen LogP contribution is 2.17. The first-order valence-corrected chi connectivity index (χ1v) is 3.65. The summed E-state index contributed by atoms with van der Waals surface area (Å²) >= 11 is 0. The number of aliphatic hydroxyl groups is 1. The van der Waals surface area contributed by atoms with Crippen molar-refractivity contribution in [3.8, 4) is 0 Å². The van der Waals surface area contributed by atoms with E-state index in [0.717, 1.165) is 11.3 Å². The van der Waals surface area contributed by atoms with Crippen LogP contribution < -0.4 is 0 Å². The molecule has 0 atom stereocenters. The maximum atomic E-state index is 9.54. The van der Waals surface area contributed by atoms with E-state index in [4.69, 9.17) is 0 Å². The zero-order valence-corrected chi connectivity index (χ0v) is 7.13. The van der Waals surface area contributed by atoms with Crippen LogP contribution in [-0.4, -0.2) is 10.1 Å². The van der Waals surface area contributed by atoms with Gasteiger partial charge in [0.25, 0.3) is 0 Å². The van der Waals surface area contributed by atoms with Gasteiger partial charge in [0.1, 0.15) is 0 Å². The van der Waals surface area contributed by atoms with Crippen molar-refractivity contribution in [1.29, 1.82) is 0 Å². The van der Waals surface area contributed by atoms with Crippen LogP contribution >= 0.6 is 0 Å². The highest BCUT2D eigenvalue weighted by molar-refractivity contribution is 5.18. The minimum absolute atomic E-state index is 0.777. The van der Waals surface area contributed by atoms with E-state index in [1.54, 1.807) is 20.0 Å². The highest BCUT2D eigenvalue weighted by Gasteiger charge is 2.15. The lowest BCUT2D eigenvalue weighted by atomic mass is 10.0. The van der Waals surface area contributed by atoms with E-state index < -0.39 is 5.60 Å². The predicted molar refractivity (Wildman–Crippen MR) is 44.2 cm³/mol. The number of rotatable bonds is 1. The lowest BCUT2D eigenvalue weighted by Crippen LogP contribution is -2.15. The van der Waals surface area contributed by atoms with Crippen molar-refractivity contribution < 1.29 is 5.11 Å². The molecule has 1 aromatic heterocycles. The van der Waals surface area contributed by atoms with Crippen LogP contribution in [0.15, 0.2) is 18.3 Å². The maximum Gasteiger partial charge on any atom is 0.0855 e. The summed E-state index contributed by atoms with van der Waals surface area (Å²) in [4.78, 5) is 4.09. The predicted octanol–water partition coefficient (Wildman–Crippen LogP) is 1.62. The van der Waals surface area contributed by atoms with Crippen LogP contribution in [0.1, 0.15) is 25.1 Å². The van der Waals surface area contributed by atoms with E-state index in [2.05, 4.69) is 4.98 Å². The Morgan fingerprint density at radius 1 is 1.36 bits per heavy atom. The molecule has 0 unspecified atom stereocenters. The fourth-order valence-electron chi connectivity index (χ4n) is 0.830. The molecule has 0 amide bonds.